The number of nitrogens with one attached hydrogen (secondary N) is 2. The molecule has 0 radical (unpaired) electrons. The normalized spacial score (nSPS) is 10.6. The summed E-state index contributed by atoms with van der Waals surface area (Å²) >= 11 is 0. The van der Waals surface area contributed by atoms with Crippen LogP contribution in [0.1, 0.15) is 25.8 Å². The fourth-order valence-electron chi connectivity index (χ4n) is 3.99. The first-order chi connectivity index (χ1) is 20.0. The van der Waals surface area contributed by atoms with Crippen molar-refractivity contribution in [2.24, 2.45) is 5.92 Å². The maximum atomic E-state index is 13.6. The minimum absolute atomic E-state index is 0.186. The lowest BCUT2D eigenvalue weighted by molar-refractivity contribution is -0.136. The molecular weight excluding hydrogens is 543 g/mol. The van der Waals surface area contributed by atoms with Crippen LogP contribution in [0, 0.1) is 11.7 Å². The SMILES string of the molecule is CC(C)CCN(C(=O)CNC(=O)Nc1cccc(CC(=O)O)c1)c1ccccc1OCC(=O)N(C)c1cccc(F)c1. The van der Waals surface area contributed by atoms with Gasteiger partial charge in [0.15, 0.2) is 6.61 Å². The minimum atomic E-state index is -0.990. The average molecular weight is 579 g/mol. The van der Waals surface area contributed by atoms with E-state index in [1.807, 2.05) is 13.8 Å². The first kappa shape index (κ1) is 31.6. The standard InChI is InChI=1S/C31H35FN4O6/c1-21(2)14-15-36(28(37)19-33-31(41)34-24-10-6-8-22(16-24)17-30(39)40)26-12-4-5-13-27(26)42-20-29(38)35(3)25-11-7-9-23(32)18-25/h4-13,16,18,21H,14-15,17,19-20H2,1-3H3,(H,39,40)(H2,33,34,41). The maximum absolute atomic E-state index is 13.6. The lowest BCUT2D eigenvalue weighted by Crippen LogP contribution is -2.42. The molecule has 0 atom stereocenters. The van der Waals surface area contributed by atoms with Crippen LogP contribution in [0.25, 0.3) is 0 Å². The molecule has 0 aliphatic carbocycles. The number of benzene rings is 3. The van der Waals surface area contributed by atoms with E-state index in [2.05, 4.69) is 10.6 Å². The van der Waals surface area contributed by atoms with E-state index in [-0.39, 0.29) is 25.5 Å². The van der Waals surface area contributed by atoms with E-state index < -0.39 is 29.6 Å². The number of carboxylic acids is 1. The zero-order chi connectivity index (χ0) is 30.6. The topological polar surface area (TPSA) is 128 Å². The highest BCUT2D eigenvalue weighted by molar-refractivity contribution is 5.99. The summed E-state index contributed by atoms with van der Waals surface area (Å²) < 4.78 is 19.4. The number of ether oxygens (including phenoxy) is 1. The zero-order valence-electron chi connectivity index (χ0n) is 23.8. The van der Waals surface area contributed by atoms with Gasteiger partial charge in [-0.15, -0.1) is 0 Å². The van der Waals surface area contributed by atoms with Gasteiger partial charge in [-0.25, -0.2) is 9.18 Å². The lowest BCUT2D eigenvalue weighted by Gasteiger charge is -2.26. The van der Waals surface area contributed by atoms with Crippen molar-refractivity contribution in [1.82, 2.24) is 5.32 Å². The predicted molar refractivity (Wildman–Crippen MR) is 158 cm³/mol. The zero-order valence-corrected chi connectivity index (χ0v) is 23.8. The highest BCUT2D eigenvalue weighted by Crippen LogP contribution is 2.29. The Morgan fingerprint density at radius 3 is 2.40 bits per heavy atom. The fraction of sp³-hybridized carbons (Fsp3) is 0.290. The van der Waals surface area contributed by atoms with Crippen molar-refractivity contribution in [2.45, 2.75) is 26.7 Å². The summed E-state index contributed by atoms with van der Waals surface area (Å²) in [6.07, 6.45) is 0.485. The lowest BCUT2D eigenvalue weighted by atomic mass is 10.1. The van der Waals surface area contributed by atoms with Crippen LogP contribution in [-0.4, -0.2) is 55.7 Å². The van der Waals surface area contributed by atoms with E-state index in [4.69, 9.17) is 9.84 Å². The van der Waals surface area contributed by atoms with E-state index in [1.165, 1.54) is 35.0 Å². The van der Waals surface area contributed by atoms with Gasteiger partial charge < -0.3 is 30.3 Å². The van der Waals surface area contributed by atoms with Crippen LogP contribution >= 0.6 is 0 Å². The molecule has 42 heavy (non-hydrogen) atoms. The third kappa shape index (κ3) is 9.61. The van der Waals surface area contributed by atoms with Crippen molar-refractivity contribution in [3.05, 3.63) is 84.2 Å². The highest BCUT2D eigenvalue weighted by Gasteiger charge is 2.22. The molecule has 0 saturated heterocycles. The van der Waals surface area contributed by atoms with Gasteiger partial charge in [-0.05, 0) is 60.4 Å². The molecule has 10 nitrogen and oxygen atoms in total. The van der Waals surface area contributed by atoms with Crippen molar-refractivity contribution in [3.8, 4) is 5.75 Å². The van der Waals surface area contributed by atoms with Gasteiger partial charge in [0, 0.05) is 25.0 Å². The summed E-state index contributed by atoms with van der Waals surface area (Å²) in [6.45, 7) is 3.72. The number of anilines is 3. The Kier molecular flexibility index (Phi) is 11.4. The first-order valence-corrected chi connectivity index (χ1v) is 13.4. The number of urea groups is 1. The van der Waals surface area contributed by atoms with Crippen LogP contribution in [0.3, 0.4) is 0 Å². The van der Waals surface area contributed by atoms with Gasteiger partial charge in [0.1, 0.15) is 11.6 Å². The summed E-state index contributed by atoms with van der Waals surface area (Å²) in [6, 6.07) is 18.2. The molecule has 0 unspecified atom stereocenters. The molecular formula is C31H35FN4O6. The molecule has 0 aliphatic rings. The van der Waals surface area contributed by atoms with Crippen molar-refractivity contribution in [1.29, 1.82) is 0 Å². The van der Waals surface area contributed by atoms with E-state index >= 15 is 0 Å². The monoisotopic (exact) mass is 578 g/mol. The van der Waals surface area contributed by atoms with Gasteiger partial charge in [0.05, 0.1) is 18.7 Å². The molecule has 0 fully saturated rings. The molecule has 0 heterocycles. The second-order valence-corrected chi connectivity index (χ2v) is 10.00. The molecule has 0 spiro atoms. The van der Waals surface area contributed by atoms with Gasteiger partial charge in [-0.1, -0.05) is 44.2 Å². The van der Waals surface area contributed by atoms with Crippen molar-refractivity contribution >= 4 is 40.9 Å². The van der Waals surface area contributed by atoms with Crippen LogP contribution in [0.4, 0.5) is 26.2 Å². The first-order valence-electron chi connectivity index (χ1n) is 13.4. The predicted octanol–water partition coefficient (Wildman–Crippen LogP) is 4.70. The maximum Gasteiger partial charge on any atom is 0.319 e. The molecule has 222 valence electrons. The second kappa shape index (κ2) is 15.2. The Balaban J connectivity index is 1.68. The number of carboxylic acid groups (broad SMARTS) is 1. The van der Waals surface area contributed by atoms with Crippen LogP contribution in [0.5, 0.6) is 5.75 Å². The Labute approximate surface area is 244 Å². The summed E-state index contributed by atoms with van der Waals surface area (Å²) in [7, 11) is 1.52. The number of halogens is 1. The van der Waals surface area contributed by atoms with Gasteiger partial charge in [0.2, 0.25) is 5.91 Å². The molecule has 0 aliphatic heterocycles. The number of carbonyl (C=O) groups is 4. The molecule has 0 bridgehead atoms. The van der Waals surface area contributed by atoms with E-state index in [0.29, 0.717) is 41.3 Å². The number of rotatable bonds is 13. The quantitative estimate of drug-likeness (QED) is 0.270. The summed E-state index contributed by atoms with van der Waals surface area (Å²) in [5.41, 5.74) is 1.73. The number of amides is 4. The average Bonchev–Trinajstić information content (AvgIpc) is 2.94. The van der Waals surface area contributed by atoms with Crippen molar-refractivity contribution in [2.75, 3.05) is 41.9 Å². The number of hydrogen-bond donors (Lipinski definition) is 3. The van der Waals surface area contributed by atoms with Crippen molar-refractivity contribution < 1.29 is 33.4 Å². The smallest absolute Gasteiger partial charge is 0.319 e. The van der Waals surface area contributed by atoms with Crippen molar-refractivity contribution in [3.63, 3.8) is 0 Å². The van der Waals surface area contributed by atoms with Crippen LogP contribution in [-0.2, 0) is 20.8 Å². The number of para-hydroxylation sites is 2. The van der Waals surface area contributed by atoms with Crippen LogP contribution < -0.4 is 25.2 Å². The Morgan fingerprint density at radius 2 is 1.69 bits per heavy atom. The molecule has 3 aromatic rings. The summed E-state index contributed by atoms with van der Waals surface area (Å²) in [5, 5.41) is 14.1. The minimum Gasteiger partial charge on any atom is -0.482 e. The number of aliphatic carboxylic acids is 1. The van der Waals surface area contributed by atoms with Crippen LogP contribution in [0.2, 0.25) is 0 Å². The summed E-state index contributed by atoms with van der Waals surface area (Å²) in [5.74, 6) is -1.69. The molecule has 0 saturated carbocycles. The molecule has 3 N–H and O–H groups in total. The Morgan fingerprint density at radius 1 is 0.952 bits per heavy atom. The second-order valence-electron chi connectivity index (χ2n) is 10.00. The third-order valence-electron chi connectivity index (χ3n) is 6.25. The number of nitrogens with zero attached hydrogens (tertiary/aromatic N) is 2. The van der Waals surface area contributed by atoms with Gasteiger partial charge in [-0.2, -0.15) is 0 Å². The van der Waals surface area contributed by atoms with Crippen LogP contribution in [0.15, 0.2) is 72.8 Å². The van der Waals surface area contributed by atoms with Gasteiger partial charge in [0.25, 0.3) is 5.91 Å². The van der Waals surface area contributed by atoms with E-state index in [9.17, 15) is 23.6 Å². The Bertz CT molecular complexity index is 1410. The highest BCUT2D eigenvalue weighted by atomic mass is 19.1. The molecule has 3 aromatic carbocycles. The molecule has 4 amide bonds. The van der Waals surface area contributed by atoms with Gasteiger partial charge in [-0.3, -0.25) is 14.4 Å². The third-order valence-corrected chi connectivity index (χ3v) is 6.25. The van der Waals surface area contributed by atoms with E-state index in [0.717, 1.165) is 0 Å². The Hall–Kier alpha value is -4.93. The number of likely N-dealkylation sites (N-methyl/N-ethyl adjacent to an activating group) is 1. The number of hydrogen-bond acceptors (Lipinski definition) is 5. The molecule has 3 rings (SSSR count). The number of carbonyl (C=O) groups excluding carboxylic acids is 3. The fourth-order valence-corrected chi connectivity index (χ4v) is 3.99. The van der Waals surface area contributed by atoms with E-state index in [1.54, 1.807) is 54.6 Å². The molecule has 11 heteroatoms. The molecule has 0 aromatic heterocycles. The van der Waals surface area contributed by atoms with Gasteiger partial charge >= 0.3 is 12.0 Å². The largest absolute Gasteiger partial charge is 0.482 e. The summed E-state index contributed by atoms with van der Waals surface area (Å²) in [4.78, 5) is 52.4.